The first-order chi connectivity index (χ1) is 12.6. The highest BCUT2D eigenvalue weighted by Gasteiger charge is 2.33. The number of hydrogen-bond donors (Lipinski definition) is 2. The third-order valence-electron chi connectivity index (χ3n) is 3.40. The van der Waals surface area contributed by atoms with Gasteiger partial charge in [0.1, 0.15) is 6.54 Å². The summed E-state index contributed by atoms with van der Waals surface area (Å²) < 4.78 is 38.4. The highest BCUT2D eigenvalue weighted by molar-refractivity contribution is 5.92. The first-order valence-corrected chi connectivity index (χ1v) is 8.04. The van der Waals surface area contributed by atoms with Crippen LogP contribution in [0.4, 0.5) is 18.9 Å². The topological polar surface area (TPSA) is 79.3 Å². The van der Waals surface area contributed by atoms with Gasteiger partial charge in [0.15, 0.2) is 5.69 Å². The summed E-state index contributed by atoms with van der Waals surface area (Å²) in [5, 5.41) is 8.68. The average Bonchev–Trinajstić information content (AvgIpc) is 3.01. The number of alkyl halides is 3. The molecule has 1 aromatic carbocycles. The summed E-state index contributed by atoms with van der Waals surface area (Å²) >= 11 is 0. The second kappa shape index (κ2) is 8.67. The predicted molar refractivity (Wildman–Crippen MR) is 92.7 cm³/mol. The molecule has 0 aliphatic rings. The van der Waals surface area contributed by atoms with Crippen LogP contribution in [0.1, 0.15) is 11.3 Å². The molecule has 7 nitrogen and oxygen atoms in total. The fourth-order valence-corrected chi connectivity index (χ4v) is 2.25. The summed E-state index contributed by atoms with van der Waals surface area (Å²) in [6, 6.07) is 7.74. The number of amides is 2. The van der Waals surface area contributed by atoms with Crippen molar-refractivity contribution >= 4 is 17.5 Å². The SMILES string of the molecule is CN(C)CC(=O)Nc1cccc(CNC(=O)Cn2ccc(C(F)(F)F)n2)c1. The Morgan fingerprint density at radius 2 is 1.93 bits per heavy atom. The van der Waals surface area contributed by atoms with Gasteiger partial charge in [0.05, 0.1) is 6.54 Å². The van der Waals surface area contributed by atoms with Crippen molar-refractivity contribution in [2.45, 2.75) is 19.3 Å². The maximum absolute atomic E-state index is 12.5. The molecule has 0 aliphatic heterocycles. The fourth-order valence-electron chi connectivity index (χ4n) is 2.25. The predicted octanol–water partition coefficient (Wildman–Crippen LogP) is 1.72. The lowest BCUT2D eigenvalue weighted by atomic mass is 10.2. The summed E-state index contributed by atoms with van der Waals surface area (Å²) in [5.41, 5.74) is 0.286. The first kappa shape index (κ1) is 20.4. The van der Waals surface area contributed by atoms with Crippen LogP contribution < -0.4 is 10.6 Å². The number of likely N-dealkylation sites (N-methyl/N-ethyl adjacent to an activating group) is 1. The van der Waals surface area contributed by atoms with Crippen molar-refractivity contribution in [2.75, 3.05) is 26.0 Å². The minimum atomic E-state index is -4.54. The van der Waals surface area contributed by atoms with Gasteiger partial charge < -0.3 is 15.5 Å². The molecule has 27 heavy (non-hydrogen) atoms. The Kier molecular flexibility index (Phi) is 6.56. The van der Waals surface area contributed by atoms with Crippen molar-refractivity contribution in [3.05, 3.63) is 47.8 Å². The normalized spacial score (nSPS) is 11.5. The number of anilines is 1. The van der Waals surface area contributed by atoms with Gasteiger partial charge in [-0.2, -0.15) is 18.3 Å². The Hall–Kier alpha value is -2.88. The molecule has 2 aromatic rings. The van der Waals surface area contributed by atoms with E-state index in [1.807, 2.05) is 0 Å². The molecule has 0 saturated heterocycles. The molecular formula is C17H20F3N5O2. The van der Waals surface area contributed by atoms with E-state index in [4.69, 9.17) is 0 Å². The molecule has 1 heterocycles. The van der Waals surface area contributed by atoms with Crippen molar-refractivity contribution in [3.63, 3.8) is 0 Å². The zero-order valence-corrected chi connectivity index (χ0v) is 14.9. The summed E-state index contributed by atoms with van der Waals surface area (Å²) in [4.78, 5) is 25.4. The second-order valence-corrected chi connectivity index (χ2v) is 6.16. The molecule has 0 radical (unpaired) electrons. The molecule has 0 fully saturated rings. The van der Waals surface area contributed by atoms with E-state index in [2.05, 4.69) is 15.7 Å². The summed E-state index contributed by atoms with van der Waals surface area (Å²) in [5.74, 6) is -0.644. The van der Waals surface area contributed by atoms with E-state index in [-0.39, 0.29) is 25.5 Å². The van der Waals surface area contributed by atoms with Gasteiger partial charge in [0.25, 0.3) is 0 Å². The van der Waals surface area contributed by atoms with Crippen LogP contribution in [0.25, 0.3) is 0 Å². The Bertz CT molecular complexity index is 802. The van der Waals surface area contributed by atoms with Crippen molar-refractivity contribution in [3.8, 4) is 0 Å². The van der Waals surface area contributed by atoms with Gasteiger partial charge >= 0.3 is 6.18 Å². The number of hydrogen-bond acceptors (Lipinski definition) is 4. The fraction of sp³-hybridized carbons (Fsp3) is 0.353. The number of carbonyl (C=O) groups excluding carboxylic acids is 2. The largest absolute Gasteiger partial charge is 0.435 e. The van der Waals surface area contributed by atoms with E-state index in [1.54, 1.807) is 43.3 Å². The first-order valence-electron chi connectivity index (χ1n) is 8.04. The van der Waals surface area contributed by atoms with E-state index in [0.29, 0.717) is 5.69 Å². The molecule has 2 N–H and O–H groups in total. The molecule has 0 saturated carbocycles. The van der Waals surface area contributed by atoms with Crippen LogP contribution in [0.5, 0.6) is 0 Å². The highest BCUT2D eigenvalue weighted by Crippen LogP contribution is 2.27. The minimum Gasteiger partial charge on any atom is -0.350 e. The standard InChI is InChI=1S/C17H20F3N5O2/c1-24(2)10-16(27)22-13-5-3-4-12(8-13)9-21-15(26)11-25-7-6-14(23-25)17(18,19)20/h3-8H,9-11H2,1-2H3,(H,21,26)(H,22,27). The lowest BCUT2D eigenvalue weighted by molar-refractivity contribution is -0.141. The monoisotopic (exact) mass is 383 g/mol. The Morgan fingerprint density at radius 1 is 1.19 bits per heavy atom. The number of benzene rings is 1. The van der Waals surface area contributed by atoms with Crippen molar-refractivity contribution in [1.82, 2.24) is 20.0 Å². The Labute approximate surface area is 154 Å². The third kappa shape index (κ3) is 6.74. The van der Waals surface area contributed by atoms with Crippen molar-refractivity contribution in [2.24, 2.45) is 0 Å². The lowest BCUT2D eigenvalue weighted by Crippen LogP contribution is -2.28. The molecule has 1 aromatic heterocycles. The van der Waals surface area contributed by atoms with Gasteiger partial charge in [-0.1, -0.05) is 12.1 Å². The van der Waals surface area contributed by atoms with Gasteiger partial charge in [0.2, 0.25) is 11.8 Å². The smallest absolute Gasteiger partial charge is 0.350 e. The van der Waals surface area contributed by atoms with Crippen LogP contribution in [0.15, 0.2) is 36.5 Å². The molecule has 0 atom stereocenters. The van der Waals surface area contributed by atoms with Crippen LogP contribution in [0.3, 0.4) is 0 Å². The van der Waals surface area contributed by atoms with Crippen molar-refractivity contribution in [1.29, 1.82) is 0 Å². The molecule has 146 valence electrons. The van der Waals surface area contributed by atoms with E-state index in [0.717, 1.165) is 22.5 Å². The van der Waals surface area contributed by atoms with E-state index < -0.39 is 17.8 Å². The van der Waals surface area contributed by atoms with Crippen LogP contribution in [0, 0.1) is 0 Å². The number of carbonyl (C=O) groups is 2. The number of rotatable bonds is 7. The molecule has 2 rings (SSSR count). The Balaban J connectivity index is 1.87. The summed E-state index contributed by atoms with van der Waals surface area (Å²) in [6.45, 7) is 0.0870. The van der Waals surface area contributed by atoms with Gasteiger partial charge in [-0.15, -0.1) is 0 Å². The summed E-state index contributed by atoms with van der Waals surface area (Å²) in [7, 11) is 3.56. The molecule has 2 amide bonds. The average molecular weight is 383 g/mol. The van der Waals surface area contributed by atoms with Crippen LogP contribution in [-0.4, -0.2) is 47.1 Å². The molecular weight excluding hydrogens is 363 g/mol. The van der Waals surface area contributed by atoms with Gasteiger partial charge in [-0.25, -0.2) is 0 Å². The van der Waals surface area contributed by atoms with Gasteiger partial charge in [-0.3, -0.25) is 14.3 Å². The van der Waals surface area contributed by atoms with E-state index >= 15 is 0 Å². The quantitative estimate of drug-likeness (QED) is 0.763. The lowest BCUT2D eigenvalue weighted by Gasteiger charge is -2.11. The van der Waals surface area contributed by atoms with Gasteiger partial charge in [-0.05, 0) is 37.9 Å². The third-order valence-corrected chi connectivity index (χ3v) is 3.40. The zero-order valence-electron chi connectivity index (χ0n) is 14.9. The summed E-state index contributed by atoms with van der Waals surface area (Å²) in [6.07, 6.45) is -3.44. The molecule has 0 bridgehead atoms. The van der Waals surface area contributed by atoms with E-state index in [1.165, 1.54) is 0 Å². The zero-order chi connectivity index (χ0) is 20.0. The number of nitrogens with zero attached hydrogens (tertiary/aromatic N) is 3. The maximum atomic E-state index is 12.5. The van der Waals surface area contributed by atoms with Gasteiger partial charge in [0, 0.05) is 18.4 Å². The number of halogens is 3. The van der Waals surface area contributed by atoms with Crippen LogP contribution in [0.2, 0.25) is 0 Å². The van der Waals surface area contributed by atoms with Crippen LogP contribution >= 0.6 is 0 Å². The van der Waals surface area contributed by atoms with Crippen molar-refractivity contribution < 1.29 is 22.8 Å². The Morgan fingerprint density at radius 3 is 2.56 bits per heavy atom. The second-order valence-electron chi connectivity index (χ2n) is 6.16. The number of nitrogens with one attached hydrogen (secondary N) is 2. The highest BCUT2D eigenvalue weighted by atomic mass is 19.4. The molecule has 10 heteroatoms. The number of aromatic nitrogens is 2. The molecule has 0 spiro atoms. The maximum Gasteiger partial charge on any atom is 0.435 e. The van der Waals surface area contributed by atoms with Crippen LogP contribution in [-0.2, 0) is 28.9 Å². The van der Waals surface area contributed by atoms with E-state index in [9.17, 15) is 22.8 Å². The molecule has 0 aliphatic carbocycles. The minimum absolute atomic E-state index is 0.166. The molecule has 0 unspecified atom stereocenters.